The summed E-state index contributed by atoms with van der Waals surface area (Å²) in [6.45, 7) is 3.82. The Morgan fingerprint density at radius 1 is 1.23 bits per heavy atom. The SMILES string of the molecule is COCCNC(=O)C1(C)Cn2c(cc3ccsc32)C(=O)N1c1ccc2c(c1)OCCO2. The molecule has 0 aliphatic carbocycles. The summed E-state index contributed by atoms with van der Waals surface area (Å²) >= 11 is 1.56. The molecule has 2 aromatic heterocycles. The highest BCUT2D eigenvalue weighted by molar-refractivity contribution is 7.16. The van der Waals surface area contributed by atoms with Crippen molar-refractivity contribution in [3.8, 4) is 11.5 Å². The van der Waals surface area contributed by atoms with Crippen molar-refractivity contribution in [3.63, 3.8) is 0 Å². The number of carbonyl (C=O) groups is 2. The van der Waals surface area contributed by atoms with Crippen LogP contribution in [0, 0.1) is 0 Å². The van der Waals surface area contributed by atoms with Crippen molar-refractivity contribution in [1.82, 2.24) is 9.88 Å². The molecule has 1 atom stereocenters. The lowest BCUT2D eigenvalue weighted by Gasteiger charge is -2.44. The third-order valence-corrected chi connectivity index (χ3v) is 6.70. The molecule has 8 nitrogen and oxygen atoms in total. The second kappa shape index (κ2) is 7.58. The lowest BCUT2D eigenvalue weighted by molar-refractivity contribution is -0.126. The van der Waals surface area contributed by atoms with Gasteiger partial charge in [0, 0.05) is 30.8 Å². The van der Waals surface area contributed by atoms with Crippen LogP contribution in [-0.2, 0) is 16.1 Å². The van der Waals surface area contributed by atoms with E-state index in [2.05, 4.69) is 5.32 Å². The molecule has 0 saturated carbocycles. The number of anilines is 1. The molecule has 0 saturated heterocycles. The van der Waals surface area contributed by atoms with Crippen molar-refractivity contribution in [3.05, 3.63) is 41.4 Å². The molecule has 3 aromatic rings. The molecular formula is C22H23N3O5S. The van der Waals surface area contributed by atoms with E-state index in [1.807, 2.05) is 22.1 Å². The first kappa shape index (κ1) is 19.9. The van der Waals surface area contributed by atoms with Gasteiger partial charge >= 0.3 is 0 Å². The van der Waals surface area contributed by atoms with Gasteiger partial charge in [0.1, 0.15) is 29.3 Å². The van der Waals surface area contributed by atoms with Gasteiger partial charge in [0.05, 0.1) is 13.2 Å². The fraction of sp³-hybridized carbons (Fsp3) is 0.364. The molecule has 0 radical (unpaired) electrons. The molecule has 1 N–H and O–H groups in total. The molecule has 2 amide bonds. The quantitative estimate of drug-likeness (QED) is 0.616. The van der Waals surface area contributed by atoms with E-state index >= 15 is 0 Å². The number of aromatic nitrogens is 1. The molecule has 2 aliphatic heterocycles. The first-order valence-electron chi connectivity index (χ1n) is 10.1. The summed E-state index contributed by atoms with van der Waals surface area (Å²) in [6, 6.07) is 9.23. The van der Waals surface area contributed by atoms with Gasteiger partial charge in [-0.25, -0.2) is 0 Å². The van der Waals surface area contributed by atoms with Crippen LogP contribution < -0.4 is 19.7 Å². The average molecular weight is 442 g/mol. The number of nitrogens with one attached hydrogen (secondary N) is 1. The molecule has 9 heteroatoms. The van der Waals surface area contributed by atoms with E-state index in [0.717, 1.165) is 10.2 Å². The van der Waals surface area contributed by atoms with E-state index in [1.165, 1.54) is 0 Å². The predicted octanol–water partition coefficient (Wildman–Crippen LogP) is 2.66. The summed E-state index contributed by atoms with van der Waals surface area (Å²) in [5, 5.41) is 5.91. The number of hydrogen-bond donors (Lipinski definition) is 1. The van der Waals surface area contributed by atoms with E-state index < -0.39 is 5.54 Å². The number of carbonyl (C=O) groups excluding carboxylic acids is 2. The zero-order valence-corrected chi connectivity index (χ0v) is 18.2. The van der Waals surface area contributed by atoms with Gasteiger partial charge in [-0.05, 0) is 36.6 Å². The van der Waals surface area contributed by atoms with E-state index in [0.29, 0.717) is 55.8 Å². The fourth-order valence-corrected chi connectivity index (χ4v) is 5.13. The predicted molar refractivity (Wildman–Crippen MR) is 117 cm³/mol. The zero-order chi connectivity index (χ0) is 21.6. The number of rotatable bonds is 5. The topological polar surface area (TPSA) is 82.0 Å². The highest BCUT2D eigenvalue weighted by Gasteiger charge is 2.48. The number of methoxy groups -OCH3 is 1. The molecule has 31 heavy (non-hydrogen) atoms. The maximum absolute atomic E-state index is 13.7. The number of thiophene rings is 1. The zero-order valence-electron chi connectivity index (χ0n) is 17.3. The third-order valence-electron chi connectivity index (χ3n) is 5.75. The molecule has 5 rings (SSSR count). The van der Waals surface area contributed by atoms with Crippen molar-refractivity contribution in [1.29, 1.82) is 0 Å². The van der Waals surface area contributed by atoms with Crippen molar-refractivity contribution in [2.75, 3.05) is 38.4 Å². The molecule has 162 valence electrons. The van der Waals surface area contributed by atoms with Gasteiger partial charge in [-0.2, -0.15) is 0 Å². The van der Waals surface area contributed by atoms with Gasteiger partial charge in [0.25, 0.3) is 5.91 Å². The average Bonchev–Trinajstić information content (AvgIpc) is 3.36. The van der Waals surface area contributed by atoms with Gasteiger partial charge in [0.15, 0.2) is 11.5 Å². The molecular weight excluding hydrogens is 418 g/mol. The first-order valence-corrected chi connectivity index (χ1v) is 11.0. The molecule has 0 fully saturated rings. The maximum Gasteiger partial charge on any atom is 0.275 e. The minimum absolute atomic E-state index is 0.226. The number of benzene rings is 1. The summed E-state index contributed by atoms with van der Waals surface area (Å²) in [5.74, 6) is 0.739. The van der Waals surface area contributed by atoms with Crippen LogP contribution in [0.1, 0.15) is 17.4 Å². The van der Waals surface area contributed by atoms with Gasteiger partial charge in [-0.15, -0.1) is 11.3 Å². The lowest BCUT2D eigenvalue weighted by Crippen LogP contribution is -2.64. The smallest absolute Gasteiger partial charge is 0.275 e. The lowest BCUT2D eigenvalue weighted by atomic mass is 9.93. The van der Waals surface area contributed by atoms with Gasteiger partial charge in [0.2, 0.25) is 5.91 Å². The Balaban J connectivity index is 1.61. The molecule has 1 unspecified atom stereocenters. The fourth-order valence-electron chi connectivity index (χ4n) is 4.23. The molecule has 0 spiro atoms. The first-order chi connectivity index (χ1) is 15.0. The largest absolute Gasteiger partial charge is 0.486 e. The van der Waals surface area contributed by atoms with E-state index in [4.69, 9.17) is 14.2 Å². The second-order valence-electron chi connectivity index (χ2n) is 7.79. The van der Waals surface area contributed by atoms with Gasteiger partial charge in [-0.1, -0.05) is 0 Å². The van der Waals surface area contributed by atoms with Crippen molar-refractivity contribution in [2.45, 2.75) is 19.0 Å². The minimum atomic E-state index is -1.14. The Hall–Kier alpha value is -3.04. The van der Waals surface area contributed by atoms with Crippen molar-refractivity contribution in [2.24, 2.45) is 0 Å². The third kappa shape index (κ3) is 3.16. The van der Waals surface area contributed by atoms with Crippen LogP contribution >= 0.6 is 11.3 Å². The summed E-state index contributed by atoms with van der Waals surface area (Å²) < 4.78 is 18.4. The number of hydrogen-bond acceptors (Lipinski definition) is 6. The summed E-state index contributed by atoms with van der Waals surface area (Å²) in [5.41, 5.74) is 0.0192. The Labute approximate surface area is 183 Å². The summed E-state index contributed by atoms with van der Waals surface area (Å²) in [4.78, 5) is 29.7. The van der Waals surface area contributed by atoms with Crippen molar-refractivity contribution >= 4 is 39.1 Å². The molecule has 1 aromatic carbocycles. The summed E-state index contributed by atoms with van der Waals surface area (Å²) in [7, 11) is 1.58. The van der Waals surface area contributed by atoms with Crippen LogP contribution in [0.2, 0.25) is 0 Å². The minimum Gasteiger partial charge on any atom is -0.486 e. The van der Waals surface area contributed by atoms with Gasteiger partial charge in [-0.3, -0.25) is 14.5 Å². The molecule has 4 heterocycles. The highest BCUT2D eigenvalue weighted by Crippen LogP contribution is 2.40. The van der Waals surface area contributed by atoms with Crippen LogP contribution in [0.4, 0.5) is 5.69 Å². The van der Waals surface area contributed by atoms with Crippen LogP contribution in [0.15, 0.2) is 35.7 Å². The standard InChI is InChI=1S/C22H23N3O5S/c1-22(21(27)23-6-7-28-2)13-24-16(11-14-5-10-31-20(14)24)19(26)25(22)15-3-4-17-18(12-15)30-9-8-29-17/h3-5,10-12H,6-9,13H2,1-2H3,(H,23,27). The van der Waals surface area contributed by atoms with Crippen LogP contribution in [-0.4, -0.2) is 55.4 Å². The van der Waals surface area contributed by atoms with Crippen LogP contribution in [0.25, 0.3) is 10.2 Å². The monoisotopic (exact) mass is 441 g/mol. The van der Waals surface area contributed by atoms with Crippen molar-refractivity contribution < 1.29 is 23.8 Å². The second-order valence-corrected chi connectivity index (χ2v) is 8.68. The molecule has 2 aliphatic rings. The Morgan fingerprint density at radius 2 is 2.03 bits per heavy atom. The van der Waals surface area contributed by atoms with Crippen LogP contribution in [0.5, 0.6) is 11.5 Å². The number of ether oxygens (including phenoxy) is 3. The van der Waals surface area contributed by atoms with E-state index in [9.17, 15) is 9.59 Å². The summed E-state index contributed by atoms with van der Waals surface area (Å²) in [6.07, 6.45) is 0. The molecule has 0 bridgehead atoms. The number of nitrogens with zero attached hydrogens (tertiary/aromatic N) is 2. The Bertz CT molecular complexity index is 1170. The number of amides is 2. The Morgan fingerprint density at radius 3 is 2.84 bits per heavy atom. The number of fused-ring (bicyclic) bond motifs is 4. The van der Waals surface area contributed by atoms with E-state index in [1.54, 1.807) is 48.5 Å². The van der Waals surface area contributed by atoms with Crippen LogP contribution in [0.3, 0.4) is 0 Å². The normalized spacial score (nSPS) is 20.1. The van der Waals surface area contributed by atoms with Gasteiger partial charge < -0.3 is 24.1 Å². The van der Waals surface area contributed by atoms with E-state index in [-0.39, 0.29) is 11.8 Å². The maximum atomic E-state index is 13.7. The highest BCUT2D eigenvalue weighted by atomic mass is 32.1. The Kier molecular flexibility index (Phi) is 4.86.